The molecule has 0 spiro atoms. The van der Waals surface area contributed by atoms with Crippen LogP contribution in [0.2, 0.25) is 0 Å². The van der Waals surface area contributed by atoms with E-state index in [0.717, 1.165) is 44.2 Å². The first-order valence-electron chi connectivity index (χ1n) is 8.60. The molecule has 2 rings (SSSR count). The van der Waals surface area contributed by atoms with Gasteiger partial charge in [-0.15, -0.1) is 0 Å². The number of nitrogens with one attached hydrogen (secondary N) is 1. The zero-order chi connectivity index (χ0) is 17.4. The van der Waals surface area contributed by atoms with Crippen LogP contribution < -0.4 is 14.8 Å². The second-order valence-corrected chi connectivity index (χ2v) is 6.44. The van der Waals surface area contributed by atoms with E-state index < -0.39 is 0 Å². The van der Waals surface area contributed by atoms with Crippen LogP contribution in [0.25, 0.3) is 0 Å². The molecular formula is C18H29N3O3. The number of hydrogen-bond acceptors (Lipinski definition) is 4. The fourth-order valence-electron chi connectivity index (χ4n) is 2.76. The average molecular weight is 335 g/mol. The molecule has 0 aliphatic carbocycles. The predicted octanol–water partition coefficient (Wildman–Crippen LogP) is 2.06. The van der Waals surface area contributed by atoms with Gasteiger partial charge in [-0.25, -0.2) is 4.79 Å². The molecule has 6 nitrogen and oxygen atoms in total. The van der Waals surface area contributed by atoms with E-state index in [1.807, 2.05) is 29.2 Å². The summed E-state index contributed by atoms with van der Waals surface area (Å²) >= 11 is 0. The van der Waals surface area contributed by atoms with Crippen molar-refractivity contribution in [2.24, 2.45) is 5.92 Å². The molecule has 1 fully saturated rings. The fourth-order valence-corrected chi connectivity index (χ4v) is 2.76. The van der Waals surface area contributed by atoms with Crippen molar-refractivity contribution < 1.29 is 14.3 Å². The van der Waals surface area contributed by atoms with E-state index in [4.69, 9.17) is 9.47 Å². The number of methoxy groups -OCH3 is 1. The third-order valence-electron chi connectivity index (χ3n) is 3.99. The van der Waals surface area contributed by atoms with Gasteiger partial charge in [0.25, 0.3) is 0 Å². The zero-order valence-electron chi connectivity index (χ0n) is 15.0. The van der Waals surface area contributed by atoms with E-state index in [-0.39, 0.29) is 6.03 Å². The number of piperazine rings is 1. The van der Waals surface area contributed by atoms with Crippen LogP contribution in [0.3, 0.4) is 0 Å². The van der Waals surface area contributed by atoms with Crippen molar-refractivity contribution in [3.05, 3.63) is 24.3 Å². The Labute approximate surface area is 144 Å². The Kier molecular flexibility index (Phi) is 7.18. The molecule has 1 aliphatic rings. The van der Waals surface area contributed by atoms with Crippen LogP contribution in [0.5, 0.6) is 11.5 Å². The van der Waals surface area contributed by atoms with E-state index >= 15 is 0 Å². The summed E-state index contributed by atoms with van der Waals surface area (Å²) in [7, 11) is 1.63. The van der Waals surface area contributed by atoms with Crippen LogP contribution in [0.4, 0.5) is 4.79 Å². The summed E-state index contributed by atoms with van der Waals surface area (Å²) in [5.74, 6) is 2.24. The Balaban J connectivity index is 1.61. The van der Waals surface area contributed by atoms with E-state index in [1.54, 1.807) is 7.11 Å². The van der Waals surface area contributed by atoms with Gasteiger partial charge in [-0.05, 0) is 30.2 Å². The summed E-state index contributed by atoms with van der Waals surface area (Å²) in [5.41, 5.74) is 0. The molecule has 134 valence electrons. The van der Waals surface area contributed by atoms with Crippen molar-refractivity contribution >= 4 is 6.03 Å². The van der Waals surface area contributed by atoms with Crippen molar-refractivity contribution in [1.82, 2.24) is 15.1 Å². The lowest BCUT2D eigenvalue weighted by Gasteiger charge is -2.35. The van der Waals surface area contributed by atoms with Crippen molar-refractivity contribution in [3.63, 3.8) is 0 Å². The summed E-state index contributed by atoms with van der Waals surface area (Å²) in [6.07, 6.45) is 0. The maximum absolute atomic E-state index is 12.1. The molecule has 1 aliphatic heterocycles. The second kappa shape index (κ2) is 9.37. The van der Waals surface area contributed by atoms with Gasteiger partial charge < -0.3 is 19.7 Å². The number of benzene rings is 1. The van der Waals surface area contributed by atoms with Gasteiger partial charge in [-0.2, -0.15) is 0 Å². The van der Waals surface area contributed by atoms with Gasteiger partial charge in [-0.1, -0.05) is 13.8 Å². The van der Waals surface area contributed by atoms with Gasteiger partial charge in [0.05, 0.1) is 13.7 Å². The molecule has 0 unspecified atom stereocenters. The van der Waals surface area contributed by atoms with Crippen LogP contribution >= 0.6 is 0 Å². The molecule has 2 amide bonds. The Morgan fingerprint density at radius 1 is 1.12 bits per heavy atom. The van der Waals surface area contributed by atoms with E-state index in [2.05, 4.69) is 24.1 Å². The highest BCUT2D eigenvalue weighted by Crippen LogP contribution is 2.16. The summed E-state index contributed by atoms with van der Waals surface area (Å²) in [4.78, 5) is 16.4. The normalized spacial score (nSPS) is 15.4. The molecule has 0 bridgehead atoms. The third kappa shape index (κ3) is 5.92. The number of nitrogens with zero attached hydrogens (tertiary/aromatic N) is 2. The SMILES string of the molecule is COc1ccc(OCCNC(=O)N2CCN(CC(C)C)CC2)cc1. The number of urea groups is 1. The van der Waals surface area contributed by atoms with Crippen LogP contribution in [-0.4, -0.2) is 68.8 Å². The highest BCUT2D eigenvalue weighted by molar-refractivity contribution is 5.74. The number of carbonyl (C=O) groups excluding carboxylic acids is 1. The maximum atomic E-state index is 12.1. The molecule has 0 radical (unpaired) electrons. The first-order chi connectivity index (χ1) is 11.6. The summed E-state index contributed by atoms with van der Waals surface area (Å²) in [6, 6.07) is 7.41. The molecule has 6 heteroatoms. The van der Waals surface area contributed by atoms with Crippen LogP contribution in [0.1, 0.15) is 13.8 Å². The van der Waals surface area contributed by atoms with E-state index in [0.29, 0.717) is 19.1 Å². The standard InChI is InChI=1S/C18H29N3O3/c1-15(2)14-20-9-11-21(12-10-20)18(22)19-8-13-24-17-6-4-16(23-3)5-7-17/h4-7,15H,8-14H2,1-3H3,(H,19,22). The van der Waals surface area contributed by atoms with Crippen molar-refractivity contribution in [1.29, 1.82) is 0 Å². The number of carbonyl (C=O) groups is 1. The highest BCUT2D eigenvalue weighted by atomic mass is 16.5. The molecule has 1 aromatic rings. The predicted molar refractivity (Wildman–Crippen MR) is 94.7 cm³/mol. The molecule has 0 aromatic heterocycles. The van der Waals surface area contributed by atoms with Gasteiger partial charge in [0, 0.05) is 32.7 Å². The minimum absolute atomic E-state index is 0.00229. The lowest BCUT2D eigenvalue weighted by molar-refractivity contribution is 0.130. The van der Waals surface area contributed by atoms with Gasteiger partial charge in [-0.3, -0.25) is 4.90 Å². The minimum atomic E-state index is -0.00229. The minimum Gasteiger partial charge on any atom is -0.497 e. The van der Waals surface area contributed by atoms with Crippen molar-refractivity contribution in [2.75, 3.05) is 53.0 Å². The fraction of sp³-hybridized carbons (Fsp3) is 0.611. The van der Waals surface area contributed by atoms with Gasteiger partial charge >= 0.3 is 6.03 Å². The van der Waals surface area contributed by atoms with Crippen LogP contribution in [0.15, 0.2) is 24.3 Å². The molecule has 0 atom stereocenters. The first kappa shape index (κ1) is 18.4. The van der Waals surface area contributed by atoms with E-state index in [1.165, 1.54) is 0 Å². The molecule has 1 aromatic carbocycles. The first-order valence-corrected chi connectivity index (χ1v) is 8.60. The van der Waals surface area contributed by atoms with Crippen molar-refractivity contribution in [2.45, 2.75) is 13.8 Å². The Morgan fingerprint density at radius 2 is 1.75 bits per heavy atom. The molecular weight excluding hydrogens is 306 g/mol. The Morgan fingerprint density at radius 3 is 2.33 bits per heavy atom. The van der Waals surface area contributed by atoms with Gasteiger partial charge in [0.2, 0.25) is 0 Å². The Hall–Kier alpha value is -1.95. The third-order valence-corrected chi connectivity index (χ3v) is 3.99. The molecule has 1 N–H and O–H groups in total. The van der Waals surface area contributed by atoms with Crippen LogP contribution in [-0.2, 0) is 0 Å². The van der Waals surface area contributed by atoms with Gasteiger partial charge in [0.1, 0.15) is 18.1 Å². The lowest BCUT2D eigenvalue weighted by Crippen LogP contribution is -2.52. The average Bonchev–Trinajstić information content (AvgIpc) is 2.59. The summed E-state index contributed by atoms with van der Waals surface area (Å²) in [6.45, 7) is 9.98. The lowest BCUT2D eigenvalue weighted by atomic mass is 10.2. The summed E-state index contributed by atoms with van der Waals surface area (Å²) < 4.78 is 10.7. The number of hydrogen-bond donors (Lipinski definition) is 1. The highest BCUT2D eigenvalue weighted by Gasteiger charge is 2.20. The monoisotopic (exact) mass is 335 g/mol. The second-order valence-electron chi connectivity index (χ2n) is 6.44. The van der Waals surface area contributed by atoms with Crippen LogP contribution in [0, 0.1) is 5.92 Å². The number of ether oxygens (including phenoxy) is 2. The topological polar surface area (TPSA) is 54.0 Å². The molecule has 1 saturated heterocycles. The molecule has 0 saturated carbocycles. The van der Waals surface area contributed by atoms with E-state index in [9.17, 15) is 4.79 Å². The van der Waals surface area contributed by atoms with Crippen molar-refractivity contribution in [3.8, 4) is 11.5 Å². The largest absolute Gasteiger partial charge is 0.497 e. The number of rotatable bonds is 7. The maximum Gasteiger partial charge on any atom is 0.317 e. The van der Waals surface area contributed by atoms with Gasteiger partial charge in [0.15, 0.2) is 0 Å². The smallest absolute Gasteiger partial charge is 0.317 e. The number of amides is 2. The quantitative estimate of drug-likeness (QED) is 0.775. The summed E-state index contributed by atoms with van der Waals surface area (Å²) in [5, 5.41) is 2.92. The molecule has 24 heavy (non-hydrogen) atoms. The Bertz CT molecular complexity index is 497. The zero-order valence-corrected chi connectivity index (χ0v) is 15.0. The molecule has 1 heterocycles.